The summed E-state index contributed by atoms with van der Waals surface area (Å²) < 4.78 is 15.9. The van der Waals surface area contributed by atoms with Crippen molar-refractivity contribution in [3.63, 3.8) is 0 Å². The number of esters is 1. The largest absolute Gasteiger partial charge is 0.465 e. The Morgan fingerprint density at radius 3 is 1.88 bits per heavy atom. The highest BCUT2D eigenvalue weighted by atomic mass is 79.9. The molecule has 0 atom stereocenters. The van der Waals surface area contributed by atoms with Crippen molar-refractivity contribution in [2.24, 2.45) is 0 Å². The number of carbonyl (C=O) groups is 3. The lowest BCUT2D eigenvalue weighted by Gasteiger charge is -2.29. The monoisotopic (exact) mass is 536 g/mol. The molecular formula is C24H29BrN2O7. The highest BCUT2D eigenvalue weighted by Gasteiger charge is 2.33. The Labute approximate surface area is 206 Å². The number of carbonyl (C=O) groups excluding carboxylic acids is 3. The number of aromatic nitrogens is 1. The number of benzene rings is 1. The molecule has 0 aliphatic carbocycles. The van der Waals surface area contributed by atoms with Gasteiger partial charge in [-0.3, -0.25) is 4.79 Å². The summed E-state index contributed by atoms with van der Waals surface area (Å²) in [6, 6.07) is 8.72. The van der Waals surface area contributed by atoms with E-state index in [0.717, 1.165) is 4.90 Å². The molecule has 0 radical (unpaired) electrons. The summed E-state index contributed by atoms with van der Waals surface area (Å²) in [5.41, 5.74) is -1.74. The van der Waals surface area contributed by atoms with Gasteiger partial charge in [-0.15, -0.1) is 0 Å². The van der Waals surface area contributed by atoms with E-state index in [-0.39, 0.29) is 23.4 Å². The number of hydrogen-bond donors (Lipinski definition) is 1. The maximum Gasteiger partial charge on any atom is 0.420 e. The molecule has 2 aromatic rings. The molecule has 0 fully saturated rings. The normalized spacial score (nSPS) is 11.5. The molecule has 34 heavy (non-hydrogen) atoms. The van der Waals surface area contributed by atoms with Crippen LogP contribution in [0.15, 0.2) is 39.6 Å². The van der Waals surface area contributed by atoms with Crippen molar-refractivity contribution in [3.8, 4) is 11.1 Å². The highest BCUT2D eigenvalue weighted by molar-refractivity contribution is 9.10. The third-order valence-corrected chi connectivity index (χ3v) is 5.10. The standard InChI is InChI=1S/C24H29BrN2O7/c1-23(2,3)33-21(30)27(22(31)34-24(4,5)6)13-15-18(25)16(14-11-9-8-10-12-14)17(19(28)26-15)20(29)32-7/h8-12H,13H2,1-7H3,(H,26,28). The molecule has 0 unspecified atom stereocenters. The van der Waals surface area contributed by atoms with Gasteiger partial charge >= 0.3 is 18.2 Å². The van der Waals surface area contributed by atoms with Crippen molar-refractivity contribution >= 4 is 34.1 Å². The number of methoxy groups -OCH3 is 1. The van der Waals surface area contributed by atoms with Gasteiger partial charge in [-0.1, -0.05) is 30.3 Å². The van der Waals surface area contributed by atoms with Gasteiger partial charge in [0.05, 0.1) is 19.3 Å². The third-order valence-electron chi connectivity index (χ3n) is 4.22. The second kappa shape index (κ2) is 10.4. The number of halogens is 1. The predicted octanol–water partition coefficient (Wildman–Crippen LogP) is 5.26. The molecule has 1 heterocycles. The number of imide groups is 1. The van der Waals surface area contributed by atoms with Crippen LogP contribution in [0.3, 0.4) is 0 Å². The average molecular weight is 537 g/mol. The van der Waals surface area contributed by atoms with Crippen LogP contribution in [-0.4, -0.2) is 46.4 Å². The number of amides is 2. The Kier molecular flexibility index (Phi) is 8.31. The first kappa shape index (κ1) is 27.1. The van der Waals surface area contributed by atoms with Gasteiger partial charge in [-0.2, -0.15) is 0 Å². The van der Waals surface area contributed by atoms with E-state index in [2.05, 4.69) is 20.9 Å². The van der Waals surface area contributed by atoms with E-state index < -0.39 is 34.9 Å². The van der Waals surface area contributed by atoms with Crippen molar-refractivity contribution in [1.29, 1.82) is 0 Å². The van der Waals surface area contributed by atoms with Gasteiger partial charge in [-0.25, -0.2) is 19.3 Å². The van der Waals surface area contributed by atoms with Crippen LogP contribution in [0, 0.1) is 0 Å². The molecule has 184 valence electrons. The summed E-state index contributed by atoms with van der Waals surface area (Å²) in [6.45, 7) is 9.58. The predicted molar refractivity (Wildman–Crippen MR) is 130 cm³/mol. The fourth-order valence-electron chi connectivity index (χ4n) is 2.91. The van der Waals surface area contributed by atoms with Crippen molar-refractivity contribution < 1.29 is 28.6 Å². The van der Waals surface area contributed by atoms with Crippen molar-refractivity contribution in [1.82, 2.24) is 9.88 Å². The number of pyridine rings is 1. The molecule has 0 saturated heterocycles. The topological polar surface area (TPSA) is 115 Å². The number of nitrogens with one attached hydrogen (secondary N) is 1. The number of aromatic amines is 1. The average Bonchev–Trinajstić information content (AvgIpc) is 2.71. The van der Waals surface area contributed by atoms with E-state index in [1.165, 1.54) is 7.11 Å². The van der Waals surface area contributed by atoms with Gasteiger partial charge in [0.15, 0.2) is 0 Å². The summed E-state index contributed by atoms with van der Waals surface area (Å²) in [6.07, 6.45) is -1.90. The minimum absolute atomic E-state index is 0.160. The first-order valence-electron chi connectivity index (χ1n) is 10.5. The fourth-order valence-corrected chi connectivity index (χ4v) is 3.56. The van der Waals surface area contributed by atoms with Crippen LogP contribution in [-0.2, 0) is 20.8 Å². The lowest BCUT2D eigenvalue weighted by atomic mass is 10.00. The number of rotatable bonds is 4. The smallest absolute Gasteiger partial charge is 0.420 e. The molecule has 9 nitrogen and oxygen atoms in total. The van der Waals surface area contributed by atoms with Gasteiger partial charge in [0.1, 0.15) is 16.8 Å². The molecule has 2 amide bonds. The molecule has 0 aliphatic rings. The first-order chi connectivity index (χ1) is 15.6. The van der Waals surface area contributed by atoms with Crippen LogP contribution in [0.25, 0.3) is 11.1 Å². The lowest BCUT2D eigenvalue weighted by Crippen LogP contribution is -2.43. The zero-order valence-corrected chi connectivity index (χ0v) is 21.9. The lowest BCUT2D eigenvalue weighted by molar-refractivity contribution is -0.000580. The Hall–Kier alpha value is -3.14. The van der Waals surface area contributed by atoms with Crippen molar-refractivity contribution in [3.05, 3.63) is 56.4 Å². The van der Waals surface area contributed by atoms with Crippen LogP contribution in [0.1, 0.15) is 57.6 Å². The van der Waals surface area contributed by atoms with Gasteiger partial charge in [0, 0.05) is 10.0 Å². The maximum atomic E-state index is 12.9. The second-order valence-corrected chi connectivity index (χ2v) is 10.2. The Bertz CT molecular complexity index is 1100. The van der Waals surface area contributed by atoms with Gasteiger partial charge < -0.3 is 19.2 Å². The molecule has 0 bridgehead atoms. The molecule has 10 heteroatoms. The Morgan fingerprint density at radius 2 is 1.44 bits per heavy atom. The fraction of sp³-hybridized carbons (Fsp3) is 0.417. The minimum Gasteiger partial charge on any atom is -0.465 e. The number of hydrogen-bond acceptors (Lipinski definition) is 7. The van der Waals surface area contributed by atoms with E-state index in [4.69, 9.17) is 14.2 Å². The first-order valence-corrected chi connectivity index (χ1v) is 11.3. The van der Waals surface area contributed by atoms with E-state index in [1.54, 1.807) is 71.9 Å². The summed E-state index contributed by atoms with van der Waals surface area (Å²) in [5.74, 6) is -0.830. The zero-order chi connectivity index (χ0) is 25.8. The van der Waals surface area contributed by atoms with Crippen LogP contribution in [0.4, 0.5) is 9.59 Å². The van der Waals surface area contributed by atoms with E-state index >= 15 is 0 Å². The van der Waals surface area contributed by atoms with Crippen LogP contribution < -0.4 is 5.56 Å². The van der Waals surface area contributed by atoms with Crippen LogP contribution >= 0.6 is 15.9 Å². The Balaban J connectivity index is 2.66. The van der Waals surface area contributed by atoms with Crippen LogP contribution in [0.2, 0.25) is 0 Å². The summed E-state index contributed by atoms with van der Waals surface area (Å²) >= 11 is 3.44. The molecule has 1 aromatic heterocycles. The number of nitrogens with zero attached hydrogens (tertiary/aromatic N) is 1. The third kappa shape index (κ3) is 6.93. The molecule has 0 aliphatic heterocycles. The van der Waals surface area contributed by atoms with Crippen molar-refractivity contribution in [2.75, 3.05) is 7.11 Å². The SMILES string of the molecule is COC(=O)c1c(-c2ccccc2)c(Br)c(CN(C(=O)OC(C)(C)C)C(=O)OC(C)(C)C)[nH]c1=O. The van der Waals surface area contributed by atoms with Gasteiger partial charge in [0.2, 0.25) is 0 Å². The zero-order valence-electron chi connectivity index (χ0n) is 20.3. The molecule has 1 N–H and O–H groups in total. The molecule has 0 saturated carbocycles. The number of ether oxygens (including phenoxy) is 3. The van der Waals surface area contributed by atoms with Crippen LogP contribution in [0.5, 0.6) is 0 Å². The highest BCUT2D eigenvalue weighted by Crippen LogP contribution is 2.33. The van der Waals surface area contributed by atoms with Gasteiger partial charge in [0.25, 0.3) is 5.56 Å². The van der Waals surface area contributed by atoms with E-state index in [0.29, 0.717) is 10.0 Å². The van der Waals surface area contributed by atoms with Crippen molar-refractivity contribution in [2.45, 2.75) is 59.3 Å². The maximum absolute atomic E-state index is 12.9. The summed E-state index contributed by atoms with van der Waals surface area (Å²) in [5, 5.41) is 0. The molecule has 1 aromatic carbocycles. The van der Waals surface area contributed by atoms with E-state index in [1.807, 2.05) is 0 Å². The minimum atomic E-state index is -0.951. The van der Waals surface area contributed by atoms with Gasteiger partial charge in [-0.05, 0) is 63.0 Å². The quantitative estimate of drug-likeness (QED) is 0.418. The summed E-state index contributed by atoms with van der Waals surface area (Å²) in [7, 11) is 1.17. The number of H-pyrrole nitrogens is 1. The molecule has 0 spiro atoms. The molecular weight excluding hydrogens is 508 g/mol. The Morgan fingerprint density at radius 1 is 0.941 bits per heavy atom. The summed E-state index contributed by atoms with van der Waals surface area (Å²) in [4.78, 5) is 54.5. The van der Waals surface area contributed by atoms with E-state index in [9.17, 15) is 19.2 Å². The molecule has 2 rings (SSSR count). The second-order valence-electron chi connectivity index (χ2n) is 9.40.